The molecule has 2 fully saturated rings. The van der Waals surface area contributed by atoms with Crippen molar-refractivity contribution >= 4 is 18.3 Å². The zero-order valence-electron chi connectivity index (χ0n) is 12.3. The lowest BCUT2D eigenvalue weighted by Crippen LogP contribution is -2.38. The van der Waals surface area contributed by atoms with Crippen molar-refractivity contribution in [3.8, 4) is 0 Å². The molecule has 2 saturated carbocycles. The Morgan fingerprint density at radius 1 is 1.15 bits per heavy atom. The number of hydrogen-bond acceptors (Lipinski definition) is 3. The second-order valence-electron chi connectivity index (χ2n) is 6.05. The molecule has 5 heteroatoms. The van der Waals surface area contributed by atoms with Gasteiger partial charge in [-0.25, -0.2) is 0 Å². The number of nitrogens with one attached hydrogen (secondary N) is 1. The summed E-state index contributed by atoms with van der Waals surface area (Å²) in [4.78, 5) is 12.0. The summed E-state index contributed by atoms with van der Waals surface area (Å²) in [6, 6.07) is 0.218. The number of nitrogens with two attached hydrogens (primary N) is 1. The SMILES string of the molecule is Cl.N[C@H]1CCC[C@@H](C(=O)NCCCOC2CCCC2)C1. The van der Waals surface area contributed by atoms with Crippen molar-refractivity contribution in [2.45, 2.75) is 69.9 Å². The highest BCUT2D eigenvalue weighted by atomic mass is 35.5. The third-order valence-electron chi connectivity index (χ3n) is 4.36. The van der Waals surface area contributed by atoms with Gasteiger partial charge in [-0.3, -0.25) is 4.79 Å². The number of rotatable bonds is 6. The number of carbonyl (C=O) groups excluding carboxylic acids is 1. The minimum absolute atomic E-state index is 0. The van der Waals surface area contributed by atoms with Crippen LogP contribution in [-0.2, 0) is 9.53 Å². The first-order valence-electron chi connectivity index (χ1n) is 7.90. The van der Waals surface area contributed by atoms with Crippen LogP contribution in [0.25, 0.3) is 0 Å². The number of halogens is 1. The van der Waals surface area contributed by atoms with E-state index < -0.39 is 0 Å². The molecule has 4 nitrogen and oxygen atoms in total. The molecule has 0 unspecified atom stereocenters. The first-order valence-corrected chi connectivity index (χ1v) is 7.90. The van der Waals surface area contributed by atoms with Gasteiger partial charge >= 0.3 is 0 Å². The van der Waals surface area contributed by atoms with E-state index in [-0.39, 0.29) is 30.3 Å². The van der Waals surface area contributed by atoms with E-state index in [2.05, 4.69) is 5.32 Å². The fourth-order valence-corrected chi connectivity index (χ4v) is 3.20. The van der Waals surface area contributed by atoms with E-state index in [0.29, 0.717) is 6.10 Å². The highest BCUT2D eigenvalue weighted by Gasteiger charge is 2.24. The minimum Gasteiger partial charge on any atom is -0.378 e. The fourth-order valence-electron chi connectivity index (χ4n) is 3.20. The molecular formula is C15H29ClN2O2. The Labute approximate surface area is 128 Å². The second kappa shape index (κ2) is 9.59. The summed E-state index contributed by atoms with van der Waals surface area (Å²) >= 11 is 0. The predicted molar refractivity (Wildman–Crippen MR) is 83.0 cm³/mol. The molecule has 2 aliphatic carbocycles. The summed E-state index contributed by atoms with van der Waals surface area (Å²) in [5.41, 5.74) is 5.91. The first-order chi connectivity index (χ1) is 9.25. The fraction of sp³-hybridized carbons (Fsp3) is 0.933. The molecule has 2 aliphatic rings. The first kappa shape index (κ1) is 17.7. The molecule has 0 aromatic rings. The van der Waals surface area contributed by atoms with Gasteiger partial charge in [0, 0.05) is 25.1 Å². The Morgan fingerprint density at radius 3 is 2.60 bits per heavy atom. The summed E-state index contributed by atoms with van der Waals surface area (Å²) < 4.78 is 5.78. The van der Waals surface area contributed by atoms with Crippen LogP contribution in [0.4, 0.5) is 0 Å². The van der Waals surface area contributed by atoms with Gasteiger partial charge in [0.05, 0.1) is 6.10 Å². The van der Waals surface area contributed by atoms with Crippen molar-refractivity contribution in [2.75, 3.05) is 13.2 Å². The third kappa shape index (κ3) is 5.98. The van der Waals surface area contributed by atoms with Crippen LogP contribution in [0.15, 0.2) is 0 Å². The molecule has 0 aliphatic heterocycles. The van der Waals surface area contributed by atoms with Gasteiger partial charge in [0.2, 0.25) is 5.91 Å². The highest BCUT2D eigenvalue weighted by Crippen LogP contribution is 2.23. The smallest absolute Gasteiger partial charge is 0.223 e. The van der Waals surface area contributed by atoms with Crippen LogP contribution in [0.2, 0.25) is 0 Å². The van der Waals surface area contributed by atoms with Crippen molar-refractivity contribution in [3.63, 3.8) is 0 Å². The number of ether oxygens (including phenoxy) is 1. The van der Waals surface area contributed by atoms with Gasteiger partial charge in [0.15, 0.2) is 0 Å². The van der Waals surface area contributed by atoms with E-state index in [1.54, 1.807) is 0 Å². The van der Waals surface area contributed by atoms with Crippen LogP contribution in [0.1, 0.15) is 57.8 Å². The topological polar surface area (TPSA) is 64.4 Å². The van der Waals surface area contributed by atoms with Crippen LogP contribution in [0.3, 0.4) is 0 Å². The molecule has 0 radical (unpaired) electrons. The van der Waals surface area contributed by atoms with E-state index in [1.165, 1.54) is 25.7 Å². The molecule has 0 aromatic heterocycles. The van der Waals surface area contributed by atoms with Crippen LogP contribution in [0, 0.1) is 5.92 Å². The van der Waals surface area contributed by atoms with Gasteiger partial charge in [0.1, 0.15) is 0 Å². The Hall–Kier alpha value is -0.320. The van der Waals surface area contributed by atoms with Crippen LogP contribution in [0.5, 0.6) is 0 Å². The molecule has 2 atom stereocenters. The summed E-state index contributed by atoms with van der Waals surface area (Å²) in [6.45, 7) is 1.51. The number of amides is 1. The Morgan fingerprint density at radius 2 is 1.90 bits per heavy atom. The molecule has 0 heterocycles. The normalized spacial score (nSPS) is 27.1. The van der Waals surface area contributed by atoms with Crippen molar-refractivity contribution in [1.82, 2.24) is 5.32 Å². The zero-order valence-corrected chi connectivity index (χ0v) is 13.1. The van der Waals surface area contributed by atoms with Gasteiger partial charge in [0.25, 0.3) is 0 Å². The third-order valence-corrected chi connectivity index (χ3v) is 4.36. The Kier molecular flexibility index (Phi) is 8.50. The second-order valence-corrected chi connectivity index (χ2v) is 6.05. The lowest BCUT2D eigenvalue weighted by Gasteiger charge is -2.25. The van der Waals surface area contributed by atoms with Crippen molar-refractivity contribution < 1.29 is 9.53 Å². The number of hydrogen-bond donors (Lipinski definition) is 2. The zero-order chi connectivity index (χ0) is 13.5. The molecule has 118 valence electrons. The lowest BCUT2D eigenvalue weighted by atomic mass is 9.85. The molecule has 3 N–H and O–H groups in total. The van der Waals surface area contributed by atoms with Crippen molar-refractivity contribution in [1.29, 1.82) is 0 Å². The lowest BCUT2D eigenvalue weighted by molar-refractivity contribution is -0.126. The van der Waals surface area contributed by atoms with E-state index in [0.717, 1.165) is 45.3 Å². The number of carbonyl (C=O) groups is 1. The summed E-state index contributed by atoms with van der Waals surface area (Å²) in [7, 11) is 0. The van der Waals surface area contributed by atoms with Gasteiger partial charge in [-0.1, -0.05) is 19.3 Å². The van der Waals surface area contributed by atoms with E-state index in [1.807, 2.05) is 0 Å². The summed E-state index contributed by atoms with van der Waals surface area (Å²) in [5.74, 6) is 0.329. The largest absolute Gasteiger partial charge is 0.378 e. The Balaban J connectivity index is 0.00000200. The molecule has 0 saturated heterocycles. The van der Waals surface area contributed by atoms with Gasteiger partial charge in [-0.15, -0.1) is 12.4 Å². The van der Waals surface area contributed by atoms with Gasteiger partial charge in [-0.05, 0) is 38.5 Å². The van der Waals surface area contributed by atoms with E-state index in [4.69, 9.17) is 10.5 Å². The summed E-state index contributed by atoms with van der Waals surface area (Å²) in [5, 5.41) is 3.02. The predicted octanol–water partition coefficient (Wildman–Crippen LogP) is 2.39. The van der Waals surface area contributed by atoms with Crippen LogP contribution < -0.4 is 11.1 Å². The molecule has 0 aromatic carbocycles. The minimum atomic E-state index is 0. The average Bonchev–Trinajstić information content (AvgIpc) is 2.91. The Bertz CT molecular complexity index is 283. The quantitative estimate of drug-likeness (QED) is 0.741. The van der Waals surface area contributed by atoms with Crippen LogP contribution in [-0.4, -0.2) is 31.2 Å². The molecule has 2 rings (SSSR count). The van der Waals surface area contributed by atoms with Gasteiger partial charge in [-0.2, -0.15) is 0 Å². The van der Waals surface area contributed by atoms with Crippen molar-refractivity contribution in [2.24, 2.45) is 11.7 Å². The van der Waals surface area contributed by atoms with Gasteiger partial charge < -0.3 is 15.8 Å². The molecule has 20 heavy (non-hydrogen) atoms. The standard InChI is InChI=1S/C15H28N2O2.ClH/c16-13-6-3-5-12(11-13)15(18)17-9-4-10-19-14-7-1-2-8-14;/h12-14H,1-11,16H2,(H,17,18);1H/t12-,13+;/m1./s1. The van der Waals surface area contributed by atoms with Crippen LogP contribution >= 0.6 is 12.4 Å². The maximum atomic E-state index is 12.0. The molecular weight excluding hydrogens is 276 g/mol. The van der Waals surface area contributed by atoms with Crippen molar-refractivity contribution in [3.05, 3.63) is 0 Å². The maximum Gasteiger partial charge on any atom is 0.223 e. The van der Waals surface area contributed by atoms with E-state index >= 15 is 0 Å². The average molecular weight is 305 g/mol. The maximum absolute atomic E-state index is 12.0. The van der Waals surface area contributed by atoms with E-state index in [9.17, 15) is 4.79 Å². The molecule has 0 spiro atoms. The highest BCUT2D eigenvalue weighted by molar-refractivity contribution is 5.85. The molecule has 1 amide bonds. The molecule has 0 bridgehead atoms. The summed E-state index contributed by atoms with van der Waals surface area (Å²) in [6.07, 6.45) is 10.4. The monoisotopic (exact) mass is 304 g/mol.